The number of rotatable bonds is 10. The van der Waals surface area contributed by atoms with Gasteiger partial charge < -0.3 is 25.8 Å². The molecule has 0 aliphatic carbocycles. The first kappa shape index (κ1) is 21.1. The Kier molecular flexibility index (Phi) is 9.20. The number of guanidine groups is 1. The van der Waals surface area contributed by atoms with Crippen molar-refractivity contribution in [2.45, 2.75) is 13.3 Å². The van der Waals surface area contributed by atoms with Crippen molar-refractivity contribution in [1.82, 2.24) is 16.0 Å². The van der Waals surface area contributed by atoms with E-state index in [1.54, 1.807) is 12.1 Å². The van der Waals surface area contributed by atoms with Crippen molar-refractivity contribution < 1.29 is 14.6 Å². The Morgan fingerprint density at radius 1 is 1.00 bits per heavy atom. The Labute approximate surface area is 165 Å². The van der Waals surface area contributed by atoms with E-state index < -0.39 is 0 Å². The maximum Gasteiger partial charge on any atom is 0.251 e. The van der Waals surface area contributed by atoms with E-state index in [-0.39, 0.29) is 11.7 Å². The normalized spacial score (nSPS) is 11.0. The second-order valence-electron chi connectivity index (χ2n) is 6.01. The topological polar surface area (TPSA) is 95.0 Å². The lowest BCUT2D eigenvalue weighted by molar-refractivity contribution is 0.0954. The number of aromatic hydroxyl groups is 1. The quantitative estimate of drug-likeness (QED) is 0.286. The van der Waals surface area contributed by atoms with Crippen molar-refractivity contribution in [2.75, 3.05) is 32.8 Å². The van der Waals surface area contributed by atoms with Gasteiger partial charge in [0.25, 0.3) is 5.91 Å². The summed E-state index contributed by atoms with van der Waals surface area (Å²) in [6.07, 6.45) is 0.809. The van der Waals surface area contributed by atoms with Crippen LogP contribution in [0.4, 0.5) is 0 Å². The lowest BCUT2D eigenvalue weighted by atomic mass is 10.2. The van der Waals surface area contributed by atoms with E-state index in [0.29, 0.717) is 37.8 Å². The summed E-state index contributed by atoms with van der Waals surface area (Å²) in [5.74, 6) is 1.53. The number of aliphatic imine (C=N–C) groups is 1. The molecule has 0 saturated carbocycles. The number of nitrogens with one attached hydrogen (secondary N) is 3. The Balaban J connectivity index is 1.64. The summed E-state index contributed by atoms with van der Waals surface area (Å²) in [4.78, 5) is 16.5. The highest BCUT2D eigenvalue weighted by molar-refractivity contribution is 5.94. The van der Waals surface area contributed by atoms with Crippen LogP contribution in [0.25, 0.3) is 0 Å². The largest absolute Gasteiger partial charge is 0.508 e. The fourth-order valence-corrected chi connectivity index (χ4v) is 2.38. The van der Waals surface area contributed by atoms with Gasteiger partial charge in [0.2, 0.25) is 0 Å². The number of nitrogens with zero attached hydrogens (tertiary/aromatic N) is 1. The molecule has 0 heterocycles. The highest BCUT2D eigenvalue weighted by Crippen LogP contribution is 2.09. The van der Waals surface area contributed by atoms with Crippen LogP contribution in [0.1, 0.15) is 23.7 Å². The number of phenolic OH excluding ortho intramolecular Hbond substituents is 1. The van der Waals surface area contributed by atoms with E-state index in [1.165, 1.54) is 12.1 Å². The van der Waals surface area contributed by atoms with Gasteiger partial charge in [-0.1, -0.05) is 18.2 Å². The van der Waals surface area contributed by atoms with E-state index >= 15 is 0 Å². The third-order valence-corrected chi connectivity index (χ3v) is 3.76. The molecule has 28 heavy (non-hydrogen) atoms. The van der Waals surface area contributed by atoms with Crippen LogP contribution in [0.15, 0.2) is 59.6 Å². The lowest BCUT2D eigenvalue weighted by Gasteiger charge is -2.12. The van der Waals surface area contributed by atoms with E-state index in [4.69, 9.17) is 4.74 Å². The monoisotopic (exact) mass is 384 g/mol. The van der Waals surface area contributed by atoms with Crippen LogP contribution >= 0.6 is 0 Å². The molecule has 0 radical (unpaired) electrons. The van der Waals surface area contributed by atoms with Gasteiger partial charge in [-0.2, -0.15) is 0 Å². The summed E-state index contributed by atoms with van der Waals surface area (Å²) in [7, 11) is 0. The molecule has 0 bridgehead atoms. The van der Waals surface area contributed by atoms with Crippen molar-refractivity contribution in [2.24, 2.45) is 4.99 Å². The van der Waals surface area contributed by atoms with Gasteiger partial charge in [0.15, 0.2) is 5.96 Å². The number of amides is 1. The average molecular weight is 384 g/mol. The lowest BCUT2D eigenvalue weighted by Crippen LogP contribution is -2.41. The summed E-state index contributed by atoms with van der Waals surface area (Å²) < 4.78 is 5.65. The highest BCUT2D eigenvalue weighted by atomic mass is 16.5. The molecule has 0 aliphatic heterocycles. The number of hydrogen-bond donors (Lipinski definition) is 4. The number of carbonyl (C=O) groups is 1. The van der Waals surface area contributed by atoms with Crippen LogP contribution in [-0.4, -0.2) is 49.8 Å². The van der Waals surface area contributed by atoms with Crippen molar-refractivity contribution in [3.05, 3.63) is 60.2 Å². The molecule has 0 spiro atoms. The molecule has 0 atom stereocenters. The van der Waals surface area contributed by atoms with Crippen molar-refractivity contribution in [3.8, 4) is 11.5 Å². The predicted molar refractivity (Wildman–Crippen MR) is 111 cm³/mol. The fourth-order valence-electron chi connectivity index (χ4n) is 2.38. The van der Waals surface area contributed by atoms with Crippen molar-refractivity contribution in [3.63, 3.8) is 0 Å². The SMILES string of the molecule is CCNC(=NCCCOc1ccccc1)NCCNC(=O)c1ccc(O)cc1. The van der Waals surface area contributed by atoms with Crippen molar-refractivity contribution >= 4 is 11.9 Å². The molecule has 7 nitrogen and oxygen atoms in total. The Bertz CT molecular complexity index is 733. The predicted octanol–water partition coefficient (Wildman–Crippen LogP) is 2.15. The molecule has 2 aromatic rings. The molecule has 0 aliphatic rings. The first-order chi connectivity index (χ1) is 13.7. The minimum absolute atomic E-state index is 0.138. The summed E-state index contributed by atoms with van der Waals surface area (Å²) in [5.41, 5.74) is 0.511. The summed E-state index contributed by atoms with van der Waals surface area (Å²) in [5, 5.41) is 18.4. The van der Waals surface area contributed by atoms with Crippen LogP contribution < -0.4 is 20.7 Å². The molecular weight excluding hydrogens is 356 g/mol. The molecule has 0 saturated heterocycles. The molecule has 2 rings (SSSR count). The Morgan fingerprint density at radius 3 is 2.43 bits per heavy atom. The molecule has 0 fully saturated rings. The number of benzene rings is 2. The third-order valence-electron chi connectivity index (χ3n) is 3.76. The van der Waals surface area contributed by atoms with E-state index in [9.17, 15) is 9.90 Å². The molecule has 0 aromatic heterocycles. The number of phenols is 1. The van der Waals surface area contributed by atoms with Crippen LogP contribution in [0.3, 0.4) is 0 Å². The average Bonchev–Trinajstić information content (AvgIpc) is 2.72. The van der Waals surface area contributed by atoms with Gasteiger partial charge in [0, 0.05) is 38.2 Å². The van der Waals surface area contributed by atoms with Crippen LogP contribution in [0, 0.1) is 0 Å². The van der Waals surface area contributed by atoms with E-state index in [0.717, 1.165) is 18.7 Å². The zero-order valence-corrected chi connectivity index (χ0v) is 16.1. The minimum Gasteiger partial charge on any atom is -0.508 e. The Morgan fingerprint density at radius 2 is 1.71 bits per heavy atom. The van der Waals surface area contributed by atoms with Gasteiger partial charge in [-0.15, -0.1) is 0 Å². The highest BCUT2D eigenvalue weighted by Gasteiger charge is 2.04. The Hall–Kier alpha value is -3.22. The number of hydrogen-bond acceptors (Lipinski definition) is 4. The van der Waals surface area contributed by atoms with Crippen LogP contribution in [-0.2, 0) is 0 Å². The number of para-hydroxylation sites is 1. The second kappa shape index (κ2) is 12.2. The summed E-state index contributed by atoms with van der Waals surface area (Å²) in [6, 6.07) is 15.9. The molecule has 2 aromatic carbocycles. The second-order valence-corrected chi connectivity index (χ2v) is 6.01. The summed E-state index contributed by atoms with van der Waals surface area (Å²) >= 11 is 0. The third kappa shape index (κ3) is 7.99. The van der Waals surface area contributed by atoms with E-state index in [2.05, 4.69) is 20.9 Å². The standard InChI is InChI=1S/C21H28N4O3/c1-2-22-21(24-13-6-16-28-19-7-4-3-5-8-19)25-15-14-23-20(27)17-9-11-18(26)12-10-17/h3-5,7-12,26H,2,6,13-16H2,1H3,(H,23,27)(H2,22,24,25). The summed E-state index contributed by atoms with van der Waals surface area (Å²) in [6.45, 7) is 5.02. The first-order valence-electron chi connectivity index (χ1n) is 9.46. The van der Waals surface area contributed by atoms with Crippen LogP contribution in [0.2, 0.25) is 0 Å². The molecular formula is C21H28N4O3. The van der Waals surface area contributed by atoms with Gasteiger partial charge in [0.1, 0.15) is 11.5 Å². The maximum absolute atomic E-state index is 12.0. The molecule has 7 heteroatoms. The maximum atomic E-state index is 12.0. The zero-order chi connectivity index (χ0) is 20.0. The molecule has 1 amide bonds. The number of carbonyl (C=O) groups excluding carboxylic acids is 1. The minimum atomic E-state index is -0.179. The van der Waals surface area contributed by atoms with Gasteiger partial charge >= 0.3 is 0 Å². The zero-order valence-electron chi connectivity index (χ0n) is 16.1. The van der Waals surface area contributed by atoms with E-state index in [1.807, 2.05) is 37.3 Å². The first-order valence-corrected chi connectivity index (χ1v) is 9.46. The van der Waals surface area contributed by atoms with Gasteiger partial charge in [-0.05, 0) is 43.3 Å². The molecule has 150 valence electrons. The van der Waals surface area contributed by atoms with Gasteiger partial charge in [-0.3, -0.25) is 9.79 Å². The van der Waals surface area contributed by atoms with Crippen LogP contribution in [0.5, 0.6) is 11.5 Å². The smallest absolute Gasteiger partial charge is 0.251 e. The van der Waals surface area contributed by atoms with Crippen molar-refractivity contribution in [1.29, 1.82) is 0 Å². The van der Waals surface area contributed by atoms with Gasteiger partial charge in [-0.25, -0.2) is 0 Å². The van der Waals surface area contributed by atoms with Gasteiger partial charge in [0.05, 0.1) is 6.61 Å². The fraction of sp³-hybridized carbons (Fsp3) is 0.333. The number of ether oxygens (including phenoxy) is 1. The molecule has 0 unspecified atom stereocenters. The molecule has 4 N–H and O–H groups in total.